The van der Waals surface area contributed by atoms with Crippen molar-refractivity contribution in [3.8, 4) is 0 Å². The van der Waals surface area contributed by atoms with Gasteiger partial charge in [-0.25, -0.2) is 10.8 Å². The van der Waals surface area contributed by atoms with Gasteiger partial charge >= 0.3 is 0 Å². The van der Waals surface area contributed by atoms with Gasteiger partial charge in [0.1, 0.15) is 0 Å². The van der Waals surface area contributed by atoms with Crippen LogP contribution in [0.25, 0.3) is 0 Å². The zero-order valence-corrected chi connectivity index (χ0v) is 9.59. The van der Waals surface area contributed by atoms with E-state index in [1.807, 2.05) is 17.9 Å². The number of rotatable bonds is 6. The van der Waals surface area contributed by atoms with Crippen molar-refractivity contribution in [2.45, 2.75) is 19.4 Å². The van der Waals surface area contributed by atoms with Crippen LogP contribution in [0.2, 0.25) is 0 Å². The second kappa shape index (κ2) is 6.49. The van der Waals surface area contributed by atoms with E-state index in [1.165, 1.54) is 0 Å². The van der Waals surface area contributed by atoms with Crippen LogP contribution in [0.4, 0.5) is 0 Å². The molecule has 1 heterocycles. The van der Waals surface area contributed by atoms with Gasteiger partial charge in [-0.1, -0.05) is 0 Å². The van der Waals surface area contributed by atoms with E-state index in [4.69, 9.17) is 5.84 Å². The third-order valence-electron chi connectivity index (χ3n) is 2.02. The Hall–Kier alpha value is -0.980. The molecule has 0 aromatic carbocycles. The predicted molar refractivity (Wildman–Crippen MR) is 60.0 cm³/mol. The second-order valence-electron chi connectivity index (χ2n) is 3.39. The molecule has 0 saturated heterocycles. The molecule has 0 saturated carbocycles. The fraction of sp³-hybridized carbons (Fsp3) is 0.556. The molecule has 0 aliphatic rings. The van der Waals surface area contributed by atoms with E-state index < -0.39 is 0 Å². The highest BCUT2D eigenvalue weighted by Gasteiger charge is 2.03. The van der Waals surface area contributed by atoms with E-state index in [-0.39, 0.29) is 5.91 Å². The number of nitrogens with two attached hydrogens (primary N) is 1. The largest absolute Gasteiger partial charge is 0.300 e. The van der Waals surface area contributed by atoms with Crippen LogP contribution >= 0.6 is 11.3 Å². The van der Waals surface area contributed by atoms with Crippen LogP contribution in [-0.4, -0.2) is 29.4 Å². The number of carbonyl (C=O) groups is 1. The molecule has 6 heteroatoms. The standard InChI is InChI=1S/C9H16N4OS/c1-13(4-2-3-9(14)12-10)5-8-6-15-7-11-8/h6-7H,2-5,10H2,1H3,(H,12,14). The van der Waals surface area contributed by atoms with Crippen molar-refractivity contribution in [3.05, 3.63) is 16.6 Å². The molecular weight excluding hydrogens is 212 g/mol. The van der Waals surface area contributed by atoms with Gasteiger partial charge in [0, 0.05) is 18.3 Å². The van der Waals surface area contributed by atoms with Gasteiger partial charge in [0.15, 0.2) is 0 Å². The van der Waals surface area contributed by atoms with Crippen LogP contribution in [-0.2, 0) is 11.3 Å². The fourth-order valence-electron chi connectivity index (χ4n) is 1.25. The summed E-state index contributed by atoms with van der Waals surface area (Å²) < 4.78 is 0. The molecule has 1 amide bonds. The van der Waals surface area contributed by atoms with Crippen LogP contribution in [0.1, 0.15) is 18.5 Å². The van der Waals surface area contributed by atoms with E-state index in [2.05, 4.69) is 15.3 Å². The zero-order chi connectivity index (χ0) is 11.1. The van der Waals surface area contributed by atoms with Gasteiger partial charge in [-0.2, -0.15) is 0 Å². The molecule has 15 heavy (non-hydrogen) atoms. The van der Waals surface area contributed by atoms with Crippen molar-refractivity contribution in [2.75, 3.05) is 13.6 Å². The maximum Gasteiger partial charge on any atom is 0.233 e. The molecule has 0 spiro atoms. The molecule has 0 bridgehead atoms. The number of hydrogen-bond donors (Lipinski definition) is 2. The lowest BCUT2D eigenvalue weighted by Gasteiger charge is -2.14. The summed E-state index contributed by atoms with van der Waals surface area (Å²) in [6.45, 7) is 1.69. The molecule has 3 N–H and O–H groups in total. The normalized spacial score (nSPS) is 10.6. The van der Waals surface area contributed by atoms with Gasteiger partial charge in [0.2, 0.25) is 5.91 Å². The molecule has 0 aliphatic carbocycles. The molecule has 1 rings (SSSR count). The average molecular weight is 228 g/mol. The summed E-state index contributed by atoms with van der Waals surface area (Å²) in [5.41, 5.74) is 5.02. The third-order valence-corrected chi connectivity index (χ3v) is 2.66. The summed E-state index contributed by atoms with van der Waals surface area (Å²) in [6.07, 6.45) is 1.28. The quantitative estimate of drug-likeness (QED) is 0.418. The van der Waals surface area contributed by atoms with Crippen LogP contribution in [0, 0.1) is 0 Å². The summed E-state index contributed by atoms with van der Waals surface area (Å²) in [5.74, 6) is 4.86. The summed E-state index contributed by atoms with van der Waals surface area (Å²) in [6, 6.07) is 0. The van der Waals surface area contributed by atoms with Crippen LogP contribution in [0.15, 0.2) is 10.9 Å². The van der Waals surface area contributed by atoms with Crippen LogP contribution in [0.5, 0.6) is 0 Å². The molecule has 1 aromatic heterocycles. The Morgan fingerprint density at radius 1 is 1.73 bits per heavy atom. The lowest BCUT2D eigenvalue weighted by molar-refractivity contribution is -0.121. The van der Waals surface area contributed by atoms with Crippen LogP contribution in [0.3, 0.4) is 0 Å². The Bertz CT molecular complexity index is 288. The van der Waals surface area contributed by atoms with Crippen molar-refractivity contribution in [1.29, 1.82) is 0 Å². The number of nitrogens with one attached hydrogen (secondary N) is 1. The van der Waals surface area contributed by atoms with Gasteiger partial charge < -0.3 is 4.90 Å². The fourth-order valence-corrected chi connectivity index (χ4v) is 1.80. The van der Waals surface area contributed by atoms with Gasteiger partial charge in [-0.05, 0) is 20.0 Å². The Kier molecular flexibility index (Phi) is 5.23. The number of amides is 1. The first-order valence-electron chi connectivity index (χ1n) is 4.77. The monoisotopic (exact) mass is 228 g/mol. The summed E-state index contributed by atoms with van der Waals surface area (Å²) in [5, 5.41) is 2.03. The first kappa shape index (κ1) is 12.1. The number of thiazole rings is 1. The molecule has 0 atom stereocenters. The number of aromatic nitrogens is 1. The SMILES string of the molecule is CN(CCCC(=O)NN)Cc1cscn1. The van der Waals surface area contributed by atoms with Crippen molar-refractivity contribution >= 4 is 17.2 Å². The van der Waals surface area contributed by atoms with Crippen molar-refractivity contribution in [2.24, 2.45) is 5.84 Å². The second-order valence-corrected chi connectivity index (χ2v) is 4.11. The molecule has 0 unspecified atom stereocenters. The maximum absolute atomic E-state index is 10.8. The first-order chi connectivity index (χ1) is 7.22. The molecule has 84 valence electrons. The Morgan fingerprint density at radius 2 is 2.53 bits per heavy atom. The minimum atomic E-state index is -0.114. The van der Waals surface area contributed by atoms with E-state index in [9.17, 15) is 4.79 Å². The van der Waals surface area contributed by atoms with E-state index in [0.29, 0.717) is 6.42 Å². The predicted octanol–water partition coefficient (Wildman–Crippen LogP) is 0.345. The van der Waals surface area contributed by atoms with Gasteiger partial charge in [0.05, 0.1) is 11.2 Å². The Morgan fingerprint density at radius 3 is 3.13 bits per heavy atom. The van der Waals surface area contributed by atoms with Crippen molar-refractivity contribution < 1.29 is 4.79 Å². The minimum Gasteiger partial charge on any atom is -0.300 e. The van der Waals surface area contributed by atoms with Gasteiger partial charge in [-0.15, -0.1) is 11.3 Å². The summed E-state index contributed by atoms with van der Waals surface area (Å²) >= 11 is 1.60. The number of hydrogen-bond acceptors (Lipinski definition) is 5. The number of hydrazine groups is 1. The van der Waals surface area contributed by atoms with E-state index in [1.54, 1.807) is 11.3 Å². The van der Waals surface area contributed by atoms with E-state index >= 15 is 0 Å². The third kappa shape index (κ3) is 4.87. The number of nitrogens with zero attached hydrogens (tertiary/aromatic N) is 2. The Labute approximate surface area is 93.3 Å². The molecule has 0 aliphatic heterocycles. The highest BCUT2D eigenvalue weighted by Crippen LogP contribution is 2.04. The topological polar surface area (TPSA) is 71.2 Å². The molecular formula is C9H16N4OS. The maximum atomic E-state index is 10.8. The lowest BCUT2D eigenvalue weighted by atomic mass is 10.3. The van der Waals surface area contributed by atoms with Crippen molar-refractivity contribution in [3.63, 3.8) is 0 Å². The highest BCUT2D eigenvalue weighted by atomic mass is 32.1. The van der Waals surface area contributed by atoms with Crippen LogP contribution < -0.4 is 11.3 Å². The van der Waals surface area contributed by atoms with E-state index in [0.717, 1.165) is 25.2 Å². The summed E-state index contributed by atoms with van der Waals surface area (Å²) in [4.78, 5) is 17.2. The molecule has 1 aromatic rings. The van der Waals surface area contributed by atoms with Crippen molar-refractivity contribution in [1.82, 2.24) is 15.3 Å². The smallest absolute Gasteiger partial charge is 0.233 e. The average Bonchev–Trinajstić information content (AvgIpc) is 2.70. The molecule has 5 nitrogen and oxygen atoms in total. The number of carbonyl (C=O) groups excluding carboxylic acids is 1. The highest BCUT2D eigenvalue weighted by molar-refractivity contribution is 7.07. The Balaban J connectivity index is 2.14. The summed E-state index contributed by atoms with van der Waals surface area (Å²) in [7, 11) is 2.01. The molecule has 0 radical (unpaired) electrons. The van der Waals surface area contributed by atoms with Gasteiger partial charge in [0.25, 0.3) is 0 Å². The lowest BCUT2D eigenvalue weighted by Crippen LogP contribution is -2.30. The first-order valence-corrected chi connectivity index (χ1v) is 5.71. The minimum absolute atomic E-state index is 0.114. The van der Waals surface area contributed by atoms with Gasteiger partial charge in [-0.3, -0.25) is 10.2 Å². The zero-order valence-electron chi connectivity index (χ0n) is 8.77. The molecule has 0 fully saturated rings.